The van der Waals surface area contributed by atoms with Crippen LogP contribution >= 0.6 is 0 Å². The summed E-state index contributed by atoms with van der Waals surface area (Å²) < 4.78 is 4.62. The normalized spacial score (nSPS) is 15.0. The Kier molecular flexibility index (Phi) is 11.9. The molecule has 0 aromatic heterocycles. The number of aliphatic hydroxyl groups is 1. The molecular formula is C22H32O4. The molecule has 1 rings (SSSR count). The van der Waals surface area contributed by atoms with Crippen LogP contribution in [0.15, 0.2) is 47.8 Å². The van der Waals surface area contributed by atoms with Crippen molar-refractivity contribution in [3.8, 4) is 0 Å². The first-order chi connectivity index (χ1) is 12.7. The van der Waals surface area contributed by atoms with Gasteiger partial charge in [0.25, 0.3) is 0 Å². The molecule has 0 fully saturated rings. The summed E-state index contributed by atoms with van der Waals surface area (Å²) in [4.78, 5) is 23.2. The first kappa shape index (κ1) is 21.9. The second-order valence-corrected chi connectivity index (χ2v) is 6.45. The van der Waals surface area contributed by atoms with Gasteiger partial charge in [-0.05, 0) is 44.9 Å². The lowest BCUT2D eigenvalue weighted by Crippen LogP contribution is -2.10. The molecule has 0 amide bonds. The molecular weight excluding hydrogens is 328 g/mol. The Morgan fingerprint density at radius 3 is 2.08 bits per heavy atom. The van der Waals surface area contributed by atoms with Gasteiger partial charge in [-0.25, -0.2) is 4.79 Å². The van der Waals surface area contributed by atoms with Crippen molar-refractivity contribution in [3.05, 3.63) is 47.8 Å². The minimum absolute atomic E-state index is 0.162. The number of unbranched alkanes of at least 4 members (excludes halogenated alkanes) is 5. The van der Waals surface area contributed by atoms with E-state index in [9.17, 15) is 14.7 Å². The van der Waals surface area contributed by atoms with Crippen molar-refractivity contribution in [1.82, 2.24) is 0 Å². The Labute approximate surface area is 157 Å². The molecule has 0 aromatic carbocycles. The van der Waals surface area contributed by atoms with Gasteiger partial charge in [0.05, 0.1) is 0 Å². The zero-order chi connectivity index (χ0) is 19.0. The molecule has 0 saturated heterocycles. The summed E-state index contributed by atoms with van der Waals surface area (Å²) in [6.45, 7) is 2.04. The number of esters is 1. The first-order valence-electron chi connectivity index (χ1n) is 9.74. The van der Waals surface area contributed by atoms with E-state index in [2.05, 4.69) is 48.1 Å². The number of ether oxygens (including phenoxy) is 1. The highest BCUT2D eigenvalue weighted by atomic mass is 16.5. The van der Waals surface area contributed by atoms with E-state index in [0.717, 1.165) is 25.7 Å². The Balaban J connectivity index is 2.01. The van der Waals surface area contributed by atoms with Crippen LogP contribution in [0, 0.1) is 0 Å². The lowest BCUT2D eigenvalue weighted by Gasteiger charge is -1.99. The van der Waals surface area contributed by atoms with Crippen molar-refractivity contribution in [2.45, 2.75) is 71.1 Å². The number of aliphatic hydroxyl groups excluding tert-OH is 1. The van der Waals surface area contributed by atoms with Crippen LogP contribution in [0.1, 0.15) is 71.1 Å². The second kappa shape index (κ2) is 14.1. The summed E-state index contributed by atoms with van der Waals surface area (Å²) in [5.74, 6) is -1.25. The van der Waals surface area contributed by atoms with Crippen LogP contribution in [0.5, 0.6) is 0 Å². The molecule has 1 heterocycles. The number of Topliss-reactive ketones (excluding diaryl/α,β-unsaturated/α-hetero) is 1. The Bertz CT molecular complexity index is 552. The third kappa shape index (κ3) is 9.40. The van der Waals surface area contributed by atoms with E-state index in [-0.39, 0.29) is 30.1 Å². The summed E-state index contributed by atoms with van der Waals surface area (Å²) in [5.41, 5.74) is -0.162. The van der Waals surface area contributed by atoms with Gasteiger partial charge >= 0.3 is 5.97 Å². The topological polar surface area (TPSA) is 63.6 Å². The summed E-state index contributed by atoms with van der Waals surface area (Å²) >= 11 is 0. The van der Waals surface area contributed by atoms with Crippen molar-refractivity contribution in [3.63, 3.8) is 0 Å². The summed E-state index contributed by atoms with van der Waals surface area (Å²) in [6, 6.07) is 0. The fourth-order valence-electron chi connectivity index (χ4n) is 2.63. The monoisotopic (exact) mass is 360 g/mol. The smallest absolute Gasteiger partial charge is 0.345 e. The van der Waals surface area contributed by atoms with Crippen LogP contribution in [0.3, 0.4) is 0 Å². The first-order valence-corrected chi connectivity index (χ1v) is 9.74. The quantitative estimate of drug-likeness (QED) is 0.192. The molecule has 0 unspecified atom stereocenters. The summed E-state index contributed by atoms with van der Waals surface area (Å²) in [5, 5.41) is 9.45. The molecule has 0 bridgehead atoms. The van der Waals surface area contributed by atoms with Crippen molar-refractivity contribution >= 4 is 11.8 Å². The van der Waals surface area contributed by atoms with Gasteiger partial charge in [0.1, 0.15) is 17.9 Å². The van der Waals surface area contributed by atoms with E-state index in [1.165, 1.54) is 25.7 Å². The van der Waals surface area contributed by atoms with Crippen LogP contribution < -0.4 is 0 Å². The van der Waals surface area contributed by atoms with Crippen LogP contribution in [0.2, 0.25) is 0 Å². The standard InChI is InChI=1S/C22H32O4/c1-2-3-4-5-6-7-8-9-10-11-12-13-14-15-16-17-19(23)21-20(24)18-26-22(21)25/h6-7,9-10,12-13,24H,2-5,8,11,14-18H2,1H3. The molecule has 1 aliphatic heterocycles. The fourth-order valence-corrected chi connectivity index (χ4v) is 2.63. The van der Waals surface area contributed by atoms with Crippen LogP contribution in [0.4, 0.5) is 0 Å². The van der Waals surface area contributed by atoms with Gasteiger partial charge in [0, 0.05) is 6.42 Å². The largest absolute Gasteiger partial charge is 0.508 e. The highest BCUT2D eigenvalue weighted by Crippen LogP contribution is 2.17. The number of hydrogen-bond acceptors (Lipinski definition) is 4. The predicted molar refractivity (Wildman–Crippen MR) is 105 cm³/mol. The Hall–Kier alpha value is -2.10. The Morgan fingerprint density at radius 1 is 0.962 bits per heavy atom. The van der Waals surface area contributed by atoms with E-state index in [0.29, 0.717) is 6.42 Å². The molecule has 0 spiro atoms. The second-order valence-electron chi connectivity index (χ2n) is 6.45. The number of rotatable bonds is 14. The number of ketones is 1. The third-order valence-corrected chi connectivity index (χ3v) is 4.15. The molecule has 1 aliphatic rings. The molecule has 4 nitrogen and oxygen atoms in total. The Morgan fingerprint density at radius 2 is 1.54 bits per heavy atom. The van der Waals surface area contributed by atoms with Crippen molar-refractivity contribution in [2.24, 2.45) is 0 Å². The van der Waals surface area contributed by atoms with Crippen molar-refractivity contribution in [2.75, 3.05) is 6.61 Å². The van der Waals surface area contributed by atoms with E-state index in [1.54, 1.807) is 0 Å². The van der Waals surface area contributed by atoms with E-state index in [1.807, 2.05) is 0 Å². The van der Waals surface area contributed by atoms with E-state index < -0.39 is 5.97 Å². The molecule has 4 heteroatoms. The predicted octanol–water partition coefficient (Wildman–Crippen LogP) is 5.51. The average molecular weight is 360 g/mol. The maximum Gasteiger partial charge on any atom is 0.345 e. The lowest BCUT2D eigenvalue weighted by atomic mass is 10.0. The average Bonchev–Trinajstić information content (AvgIpc) is 2.96. The maximum atomic E-state index is 11.8. The van der Waals surface area contributed by atoms with Gasteiger partial charge in [0.2, 0.25) is 0 Å². The van der Waals surface area contributed by atoms with Gasteiger partial charge in [-0.15, -0.1) is 0 Å². The van der Waals surface area contributed by atoms with Gasteiger partial charge in [-0.2, -0.15) is 0 Å². The molecule has 0 radical (unpaired) electrons. The lowest BCUT2D eigenvalue weighted by molar-refractivity contribution is -0.137. The third-order valence-electron chi connectivity index (χ3n) is 4.15. The number of carbonyl (C=O) groups excluding carboxylic acids is 2. The van der Waals surface area contributed by atoms with Crippen LogP contribution in [0.25, 0.3) is 0 Å². The van der Waals surface area contributed by atoms with Crippen molar-refractivity contribution < 1.29 is 19.4 Å². The number of allylic oxidation sites excluding steroid dienone is 6. The zero-order valence-electron chi connectivity index (χ0n) is 15.9. The van der Waals surface area contributed by atoms with Crippen molar-refractivity contribution in [1.29, 1.82) is 0 Å². The highest BCUT2D eigenvalue weighted by molar-refractivity contribution is 6.18. The molecule has 0 atom stereocenters. The van der Waals surface area contributed by atoms with Crippen LogP contribution in [-0.4, -0.2) is 23.5 Å². The highest BCUT2D eigenvalue weighted by Gasteiger charge is 2.29. The van der Waals surface area contributed by atoms with Crippen LogP contribution in [-0.2, 0) is 14.3 Å². The number of cyclic esters (lactones) is 1. The van der Waals surface area contributed by atoms with E-state index in [4.69, 9.17) is 0 Å². The minimum atomic E-state index is -0.699. The molecule has 144 valence electrons. The minimum Gasteiger partial charge on any atom is -0.508 e. The molecule has 0 aromatic rings. The van der Waals surface area contributed by atoms with E-state index >= 15 is 0 Å². The van der Waals surface area contributed by atoms with Gasteiger partial charge in [-0.3, -0.25) is 4.79 Å². The number of hydrogen-bond donors (Lipinski definition) is 1. The zero-order valence-corrected chi connectivity index (χ0v) is 15.9. The van der Waals surface area contributed by atoms with Gasteiger partial charge in [-0.1, -0.05) is 56.2 Å². The SMILES string of the molecule is CCCCCC=CCC=CCC=CCCCCC(=O)C1=C(O)COC1=O. The fraction of sp³-hybridized carbons (Fsp3) is 0.545. The molecule has 0 aliphatic carbocycles. The van der Waals surface area contributed by atoms with Gasteiger partial charge in [0.15, 0.2) is 5.78 Å². The summed E-state index contributed by atoms with van der Waals surface area (Å²) in [6.07, 6.45) is 22.8. The molecule has 1 N–H and O–H groups in total. The number of carbonyl (C=O) groups is 2. The molecule has 0 saturated carbocycles. The summed E-state index contributed by atoms with van der Waals surface area (Å²) in [7, 11) is 0. The molecule has 26 heavy (non-hydrogen) atoms. The maximum absolute atomic E-state index is 11.8. The van der Waals surface area contributed by atoms with Gasteiger partial charge < -0.3 is 9.84 Å².